The lowest BCUT2D eigenvalue weighted by molar-refractivity contribution is -0.108. The predicted octanol–water partition coefficient (Wildman–Crippen LogP) is 3.66. The Morgan fingerprint density at radius 1 is 1.06 bits per heavy atom. The largest absolute Gasteiger partial charge is 0.303 e. The molecule has 2 heteroatoms. The molecule has 0 aromatic heterocycles. The molecule has 0 N–H and O–H groups in total. The van der Waals surface area contributed by atoms with Crippen LogP contribution in [-0.4, -0.2) is 12.6 Å². The molecule has 0 spiro atoms. The fourth-order valence-electron chi connectivity index (χ4n) is 1.19. The van der Waals surface area contributed by atoms with Crippen molar-refractivity contribution in [1.82, 2.24) is 0 Å². The minimum absolute atomic E-state index is 0.744. The maximum atomic E-state index is 9.89. The standard InChI is InChI=1S/C9H8O.C6H12O/c10-8-4-7-9-5-2-1-3-6-9;1-2-3-4-5-6-7/h1-8H;6H,2-5H2,1H3/b7-4+;. The van der Waals surface area contributed by atoms with Gasteiger partial charge in [0.05, 0.1) is 0 Å². The smallest absolute Gasteiger partial charge is 0.142 e. The average molecular weight is 232 g/mol. The number of rotatable bonds is 6. The van der Waals surface area contributed by atoms with Gasteiger partial charge >= 0.3 is 0 Å². The number of carbonyl (C=O) groups excluding carboxylic acids is 2. The number of aldehydes is 2. The van der Waals surface area contributed by atoms with Crippen molar-refractivity contribution in [2.45, 2.75) is 32.6 Å². The van der Waals surface area contributed by atoms with E-state index in [1.54, 1.807) is 6.08 Å². The second kappa shape index (κ2) is 12.4. The molecule has 92 valence electrons. The van der Waals surface area contributed by atoms with Crippen molar-refractivity contribution in [3.8, 4) is 0 Å². The molecule has 0 aliphatic heterocycles. The molecule has 0 saturated carbocycles. The molecular formula is C15H20O2. The zero-order valence-corrected chi connectivity index (χ0v) is 10.3. The SMILES string of the molecule is CCCCCC=O.O=C/C=C/c1ccccc1. The number of benzene rings is 1. The fraction of sp³-hybridized carbons (Fsp3) is 0.333. The van der Waals surface area contributed by atoms with Crippen LogP contribution in [0.4, 0.5) is 0 Å². The Kier molecular flexibility index (Phi) is 11.1. The maximum absolute atomic E-state index is 9.89. The summed E-state index contributed by atoms with van der Waals surface area (Å²) >= 11 is 0. The first-order valence-electron chi connectivity index (χ1n) is 5.95. The van der Waals surface area contributed by atoms with Crippen molar-refractivity contribution in [2.24, 2.45) is 0 Å². The molecule has 1 aromatic rings. The highest BCUT2D eigenvalue weighted by atomic mass is 16.1. The van der Waals surface area contributed by atoms with E-state index in [0.717, 1.165) is 31.0 Å². The zero-order valence-electron chi connectivity index (χ0n) is 10.3. The highest BCUT2D eigenvalue weighted by molar-refractivity contribution is 5.73. The predicted molar refractivity (Wildman–Crippen MR) is 71.7 cm³/mol. The van der Waals surface area contributed by atoms with E-state index >= 15 is 0 Å². The third-order valence-corrected chi connectivity index (χ3v) is 2.09. The third kappa shape index (κ3) is 10.6. The third-order valence-electron chi connectivity index (χ3n) is 2.09. The van der Waals surface area contributed by atoms with Gasteiger partial charge < -0.3 is 4.79 Å². The summed E-state index contributed by atoms with van der Waals surface area (Å²) in [4.78, 5) is 19.6. The summed E-state index contributed by atoms with van der Waals surface area (Å²) < 4.78 is 0. The second-order valence-electron chi connectivity index (χ2n) is 3.57. The number of hydrogen-bond donors (Lipinski definition) is 0. The first-order valence-corrected chi connectivity index (χ1v) is 5.95. The van der Waals surface area contributed by atoms with E-state index in [-0.39, 0.29) is 0 Å². The van der Waals surface area contributed by atoms with Gasteiger partial charge in [0.1, 0.15) is 12.6 Å². The van der Waals surface area contributed by atoms with Gasteiger partial charge in [-0.25, -0.2) is 0 Å². The van der Waals surface area contributed by atoms with Crippen LogP contribution in [0.2, 0.25) is 0 Å². The zero-order chi connectivity index (χ0) is 12.8. The van der Waals surface area contributed by atoms with Gasteiger partial charge in [-0.15, -0.1) is 0 Å². The Hall–Kier alpha value is -1.70. The van der Waals surface area contributed by atoms with Crippen LogP contribution in [0, 0.1) is 0 Å². The van der Waals surface area contributed by atoms with E-state index in [1.165, 1.54) is 18.9 Å². The Bertz CT molecular complexity index is 315. The molecular weight excluding hydrogens is 212 g/mol. The monoisotopic (exact) mass is 232 g/mol. The Morgan fingerprint density at radius 3 is 2.29 bits per heavy atom. The van der Waals surface area contributed by atoms with E-state index in [9.17, 15) is 9.59 Å². The van der Waals surface area contributed by atoms with Crippen molar-refractivity contribution in [3.05, 3.63) is 42.0 Å². The molecule has 1 aromatic carbocycles. The van der Waals surface area contributed by atoms with Crippen LogP contribution in [0.25, 0.3) is 6.08 Å². The average Bonchev–Trinajstić information content (AvgIpc) is 2.39. The van der Waals surface area contributed by atoms with Crippen molar-refractivity contribution in [1.29, 1.82) is 0 Å². The highest BCUT2D eigenvalue weighted by Gasteiger charge is 1.80. The van der Waals surface area contributed by atoms with Gasteiger partial charge in [0.25, 0.3) is 0 Å². The van der Waals surface area contributed by atoms with Crippen LogP contribution < -0.4 is 0 Å². The molecule has 0 aliphatic rings. The van der Waals surface area contributed by atoms with Crippen molar-refractivity contribution in [3.63, 3.8) is 0 Å². The molecule has 0 aliphatic carbocycles. The number of unbranched alkanes of at least 4 members (excludes halogenated alkanes) is 3. The summed E-state index contributed by atoms with van der Waals surface area (Å²) in [5.41, 5.74) is 1.05. The van der Waals surface area contributed by atoms with Crippen molar-refractivity contribution >= 4 is 18.6 Å². The molecule has 0 amide bonds. The topological polar surface area (TPSA) is 34.1 Å². The summed E-state index contributed by atoms with van der Waals surface area (Å²) in [5.74, 6) is 0. The Balaban J connectivity index is 0.000000325. The molecule has 0 fully saturated rings. The first-order chi connectivity index (χ1) is 8.35. The quantitative estimate of drug-likeness (QED) is 0.426. The van der Waals surface area contributed by atoms with Crippen LogP contribution in [0.3, 0.4) is 0 Å². The van der Waals surface area contributed by atoms with Gasteiger partial charge in [-0.3, -0.25) is 4.79 Å². The van der Waals surface area contributed by atoms with E-state index in [4.69, 9.17) is 0 Å². The van der Waals surface area contributed by atoms with Gasteiger partial charge in [-0.05, 0) is 18.1 Å². The van der Waals surface area contributed by atoms with E-state index in [0.29, 0.717) is 0 Å². The molecule has 0 bridgehead atoms. The highest BCUT2D eigenvalue weighted by Crippen LogP contribution is 1.99. The molecule has 1 rings (SSSR count). The van der Waals surface area contributed by atoms with E-state index in [1.807, 2.05) is 30.3 Å². The molecule has 0 saturated heterocycles. The van der Waals surface area contributed by atoms with Crippen LogP contribution in [0.15, 0.2) is 36.4 Å². The van der Waals surface area contributed by atoms with Crippen LogP contribution in [0.1, 0.15) is 38.2 Å². The van der Waals surface area contributed by atoms with Crippen LogP contribution in [-0.2, 0) is 9.59 Å². The lowest BCUT2D eigenvalue weighted by atomic mass is 10.2. The lowest BCUT2D eigenvalue weighted by Crippen LogP contribution is -1.73. The molecule has 0 radical (unpaired) electrons. The normalized spacial score (nSPS) is 9.47. The maximum Gasteiger partial charge on any atom is 0.142 e. The molecule has 0 unspecified atom stereocenters. The molecule has 0 atom stereocenters. The summed E-state index contributed by atoms with van der Waals surface area (Å²) in [7, 11) is 0. The number of hydrogen-bond acceptors (Lipinski definition) is 2. The number of allylic oxidation sites excluding steroid dienone is 1. The summed E-state index contributed by atoms with van der Waals surface area (Å²) in [6.45, 7) is 2.13. The van der Waals surface area contributed by atoms with Crippen LogP contribution >= 0.6 is 0 Å². The molecule has 17 heavy (non-hydrogen) atoms. The molecule has 0 heterocycles. The second-order valence-corrected chi connectivity index (χ2v) is 3.57. The van der Waals surface area contributed by atoms with Crippen LogP contribution in [0.5, 0.6) is 0 Å². The van der Waals surface area contributed by atoms with Gasteiger partial charge in [-0.2, -0.15) is 0 Å². The summed E-state index contributed by atoms with van der Waals surface area (Å²) in [6.07, 6.45) is 9.21. The fourth-order valence-corrected chi connectivity index (χ4v) is 1.19. The first kappa shape index (κ1) is 15.3. The lowest BCUT2D eigenvalue weighted by Gasteiger charge is -1.86. The van der Waals surface area contributed by atoms with Gasteiger partial charge in [0, 0.05) is 6.42 Å². The van der Waals surface area contributed by atoms with Crippen molar-refractivity contribution < 1.29 is 9.59 Å². The van der Waals surface area contributed by atoms with Gasteiger partial charge in [0.2, 0.25) is 0 Å². The van der Waals surface area contributed by atoms with E-state index < -0.39 is 0 Å². The Morgan fingerprint density at radius 2 is 1.76 bits per heavy atom. The minimum Gasteiger partial charge on any atom is -0.303 e. The molecule has 2 nitrogen and oxygen atoms in total. The van der Waals surface area contributed by atoms with Crippen molar-refractivity contribution in [2.75, 3.05) is 0 Å². The summed E-state index contributed by atoms with van der Waals surface area (Å²) in [6, 6.07) is 9.70. The van der Waals surface area contributed by atoms with Gasteiger partial charge in [-0.1, -0.05) is 56.2 Å². The van der Waals surface area contributed by atoms with Gasteiger partial charge in [0.15, 0.2) is 0 Å². The number of carbonyl (C=O) groups is 2. The summed E-state index contributed by atoms with van der Waals surface area (Å²) in [5, 5.41) is 0. The minimum atomic E-state index is 0.744. The van der Waals surface area contributed by atoms with E-state index in [2.05, 4.69) is 6.92 Å². The Labute approximate surface area is 103 Å².